The van der Waals surface area contributed by atoms with Crippen molar-refractivity contribution < 1.29 is 23.0 Å². The van der Waals surface area contributed by atoms with Gasteiger partial charge in [-0.05, 0) is 18.9 Å². The third-order valence-corrected chi connectivity index (χ3v) is 3.35. The highest BCUT2D eigenvalue weighted by atomic mass is 19.2. The Labute approximate surface area is 108 Å². The number of benzene rings is 1. The Hall–Kier alpha value is -1.58. The molecule has 1 heterocycles. The normalized spacial score (nSPS) is 24.8. The van der Waals surface area contributed by atoms with E-state index in [9.17, 15) is 23.5 Å². The highest BCUT2D eigenvalue weighted by molar-refractivity contribution is 5.26. The van der Waals surface area contributed by atoms with Crippen LogP contribution in [-0.4, -0.2) is 18.3 Å². The molecule has 0 spiro atoms. The molecule has 0 saturated carbocycles. The van der Waals surface area contributed by atoms with Crippen LogP contribution in [0.4, 0.5) is 13.2 Å². The van der Waals surface area contributed by atoms with Crippen molar-refractivity contribution in [2.75, 3.05) is 13.2 Å². The number of nitriles is 1. The molecule has 1 aromatic carbocycles. The number of aliphatic hydroxyl groups excluding tert-OH is 1. The molecule has 102 valence electrons. The van der Waals surface area contributed by atoms with Gasteiger partial charge >= 0.3 is 0 Å². The molecule has 1 saturated heterocycles. The monoisotopic (exact) mass is 271 g/mol. The summed E-state index contributed by atoms with van der Waals surface area (Å²) in [5.74, 6) is -3.67. The molecule has 0 bridgehead atoms. The highest BCUT2D eigenvalue weighted by Crippen LogP contribution is 2.41. The Bertz CT molecular complexity index is 521. The first-order valence-corrected chi connectivity index (χ1v) is 5.82. The molecule has 1 N–H and O–H groups in total. The van der Waals surface area contributed by atoms with Crippen molar-refractivity contribution in [1.82, 2.24) is 0 Å². The van der Waals surface area contributed by atoms with Crippen LogP contribution in [0.2, 0.25) is 0 Å². The largest absolute Gasteiger partial charge is 0.387 e. The van der Waals surface area contributed by atoms with Crippen LogP contribution in [0.15, 0.2) is 12.1 Å². The molecule has 1 aromatic rings. The van der Waals surface area contributed by atoms with Gasteiger partial charge in [-0.3, -0.25) is 0 Å². The Morgan fingerprint density at radius 2 is 1.95 bits per heavy atom. The Balaban J connectivity index is 2.40. The Morgan fingerprint density at radius 1 is 1.26 bits per heavy atom. The van der Waals surface area contributed by atoms with Gasteiger partial charge in [-0.25, -0.2) is 13.2 Å². The van der Waals surface area contributed by atoms with Gasteiger partial charge < -0.3 is 9.84 Å². The summed E-state index contributed by atoms with van der Waals surface area (Å²) in [6.07, 6.45) is -0.716. The summed E-state index contributed by atoms with van der Waals surface area (Å²) in [4.78, 5) is 0. The van der Waals surface area contributed by atoms with Crippen molar-refractivity contribution in [2.24, 2.45) is 5.41 Å². The molecule has 1 aliphatic rings. The van der Waals surface area contributed by atoms with E-state index in [4.69, 9.17) is 4.74 Å². The molecule has 1 aliphatic heterocycles. The van der Waals surface area contributed by atoms with Crippen molar-refractivity contribution in [3.8, 4) is 6.07 Å². The number of rotatable bonds is 2. The third-order valence-electron chi connectivity index (χ3n) is 3.35. The van der Waals surface area contributed by atoms with Crippen LogP contribution in [0, 0.1) is 34.2 Å². The number of hydrogen-bond acceptors (Lipinski definition) is 3. The van der Waals surface area contributed by atoms with Crippen LogP contribution in [0.1, 0.15) is 24.5 Å². The molecule has 19 heavy (non-hydrogen) atoms. The topological polar surface area (TPSA) is 53.2 Å². The zero-order chi connectivity index (χ0) is 14.0. The summed E-state index contributed by atoms with van der Waals surface area (Å²) in [6.45, 7) is 0.388. The molecule has 3 nitrogen and oxygen atoms in total. The summed E-state index contributed by atoms with van der Waals surface area (Å²) >= 11 is 0. The van der Waals surface area contributed by atoms with E-state index in [-0.39, 0.29) is 6.61 Å². The number of hydrogen-bond donors (Lipinski definition) is 1. The first kappa shape index (κ1) is 13.8. The van der Waals surface area contributed by atoms with Crippen LogP contribution in [-0.2, 0) is 4.74 Å². The molecular weight excluding hydrogens is 259 g/mol. The van der Waals surface area contributed by atoms with E-state index in [1.54, 1.807) is 0 Å². The van der Waals surface area contributed by atoms with Crippen molar-refractivity contribution in [1.29, 1.82) is 5.26 Å². The molecule has 6 heteroatoms. The number of nitrogens with zero attached hydrogens (tertiary/aromatic N) is 1. The fourth-order valence-corrected chi connectivity index (χ4v) is 2.23. The molecule has 1 fully saturated rings. The smallest absolute Gasteiger partial charge is 0.161 e. The zero-order valence-corrected chi connectivity index (χ0v) is 10.00. The minimum atomic E-state index is -1.56. The minimum Gasteiger partial charge on any atom is -0.387 e. The van der Waals surface area contributed by atoms with Gasteiger partial charge in [0.15, 0.2) is 11.6 Å². The lowest BCUT2D eigenvalue weighted by Crippen LogP contribution is -2.36. The van der Waals surface area contributed by atoms with Gasteiger partial charge in [0.2, 0.25) is 0 Å². The lowest BCUT2D eigenvalue weighted by molar-refractivity contribution is -0.0518. The first-order valence-electron chi connectivity index (χ1n) is 5.82. The standard InChI is InChI=1S/C13H12F3NO2/c14-9-5-11(16)10(15)4-8(9)12(18)13(6-17)2-1-3-19-7-13/h4-5,12,18H,1-3,7H2. The molecule has 0 aliphatic carbocycles. The SMILES string of the molecule is N#CC1(C(O)c2cc(F)c(F)cc2F)CCCOC1. The maximum absolute atomic E-state index is 13.6. The highest BCUT2D eigenvalue weighted by Gasteiger charge is 2.42. The number of ether oxygens (including phenoxy) is 1. The van der Waals surface area contributed by atoms with Crippen molar-refractivity contribution in [3.63, 3.8) is 0 Å². The second kappa shape index (κ2) is 5.19. The lowest BCUT2D eigenvalue weighted by atomic mass is 9.76. The fourth-order valence-electron chi connectivity index (χ4n) is 2.23. The zero-order valence-electron chi connectivity index (χ0n) is 10.00. The van der Waals surface area contributed by atoms with Crippen molar-refractivity contribution >= 4 is 0 Å². The van der Waals surface area contributed by atoms with Crippen molar-refractivity contribution in [2.45, 2.75) is 18.9 Å². The summed E-state index contributed by atoms with van der Waals surface area (Å²) in [6, 6.07) is 2.87. The molecular formula is C13H12F3NO2. The predicted molar refractivity (Wildman–Crippen MR) is 59.4 cm³/mol. The van der Waals surface area contributed by atoms with Gasteiger partial charge in [-0.2, -0.15) is 5.26 Å². The molecule has 2 atom stereocenters. The summed E-state index contributed by atoms with van der Waals surface area (Å²) in [5, 5.41) is 19.4. The molecule has 0 amide bonds. The van der Waals surface area contributed by atoms with E-state index in [0.717, 1.165) is 0 Å². The lowest BCUT2D eigenvalue weighted by Gasteiger charge is -2.35. The third kappa shape index (κ3) is 2.44. The summed E-state index contributed by atoms with van der Waals surface area (Å²) in [5.41, 5.74) is -1.76. The van der Waals surface area contributed by atoms with Crippen LogP contribution < -0.4 is 0 Å². The van der Waals surface area contributed by atoms with Gasteiger partial charge in [-0.15, -0.1) is 0 Å². The second-order valence-electron chi connectivity index (χ2n) is 4.61. The Morgan fingerprint density at radius 3 is 2.53 bits per heavy atom. The van der Waals surface area contributed by atoms with E-state index < -0.39 is 34.5 Å². The van der Waals surface area contributed by atoms with Crippen LogP contribution in [0.25, 0.3) is 0 Å². The molecule has 2 rings (SSSR count). The first-order chi connectivity index (χ1) is 9.00. The maximum Gasteiger partial charge on any atom is 0.161 e. The average molecular weight is 271 g/mol. The Kier molecular flexibility index (Phi) is 3.78. The van der Waals surface area contributed by atoms with Crippen molar-refractivity contribution in [3.05, 3.63) is 35.1 Å². The van der Waals surface area contributed by atoms with Gasteiger partial charge in [0.1, 0.15) is 17.3 Å². The van der Waals surface area contributed by atoms with Crippen LogP contribution in [0.3, 0.4) is 0 Å². The minimum absolute atomic E-state index is 0.0664. The number of halogens is 3. The predicted octanol–water partition coefficient (Wildman–Crippen LogP) is 2.46. The van der Waals surface area contributed by atoms with Gasteiger partial charge in [0, 0.05) is 18.2 Å². The van der Waals surface area contributed by atoms with Gasteiger partial charge in [0.05, 0.1) is 12.7 Å². The quantitative estimate of drug-likeness (QED) is 0.841. The second-order valence-corrected chi connectivity index (χ2v) is 4.61. The molecule has 0 aromatic heterocycles. The van der Waals surface area contributed by atoms with Gasteiger partial charge in [-0.1, -0.05) is 0 Å². The molecule has 2 unspecified atom stereocenters. The van der Waals surface area contributed by atoms with Crippen LogP contribution in [0.5, 0.6) is 0 Å². The average Bonchev–Trinajstić information content (AvgIpc) is 2.43. The number of aliphatic hydroxyl groups is 1. The molecule has 0 radical (unpaired) electrons. The van der Waals surface area contributed by atoms with Crippen LogP contribution >= 0.6 is 0 Å². The van der Waals surface area contributed by atoms with E-state index >= 15 is 0 Å². The van der Waals surface area contributed by atoms with E-state index in [1.807, 2.05) is 6.07 Å². The van der Waals surface area contributed by atoms with Gasteiger partial charge in [0.25, 0.3) is 0 Å². The summed E-state index contributed by atoms with van der Waals surface area (Å²) in [7, 11) is 0. The summed E-state index contributed by atoms with van der Waals surface area (Å²) < 4.78 is 44.8. The maximum atomic E-state index is 13.6. The van der Waals surface area contributed by atoms with E-state index in [2.05, 4.69) is 0 Å². The fraction of sp³-hybridized carbons (Fsp3) is 0.462. The van der Waals surface area contributed by atoms with E-state index in [0.29, 0.717) is 31.6 Å². The van der Waals surface area contributed by atoms with E-state index in [1.165, 1.54) is 0 Å².